The van der Waals surface area contributed by atoms with Crippen LogP contribution in [0.25, 0.3) is 0 Å². The number of hydrogen-bond donors (Lipinski definition) is 1. The molecule has 0 saturated heterocycles. The van der Waals surface area contributed by atoms with Crippen LogP contribution in [0.2, 0.25) is 0 Å². The van der Waals surface area contributed by atoms with Gasteiger partial charge in [-0.2, -0.15) is 0 Å². The molecule has 1 atom stereocenters. The first kappa shape index (κ1) is 16.3. The van der Waals surface area contributed by atoms with E-state index in [4.69, 9.17) is 4.74 Å². The zero-order valence-corrected chi connectivity index (χ0v) is 13.9. The molecule has 118 valence electrons. The molecule has 0 aliphatic heterocycles. The van der Waals surface area contributed by atoms with Crippen molar-refractivity contribution in [2.45, 2.75) is 50.2 Å². The van der Waals surface area contributed by atoms with Gasteiger partial charge in [0.2, 0.25) is 10.0 Å². The lowest BCUT2D eigenvalue weighted by atomic mass is 9.77. The Balaban J connectivity index is 2.06. The van der Waals surface area contributed by atoms with Crippen LogP contribution in [0.3, 0.4) is 0 Å². The Morgan fingerprint density at radius 3 is 2.57 bits per heavy atom. The molecule has 4 nitrogen and oxygen atoms in total. The molecule has 0 spiro atoms. The Bertz CT molecular complexity index is 581. The van der Waals surface area contributed by atoms with Gasteiger partial charge < -0.3 is 4.74 Å². The number of sulfonamides is 1. The summed E-state index contributed by atoms with van der Waals surface area (Å²) in [7, 11) is -1.43. The van der Waals surface area contributed by atoms with Gasteiger partial charge in [-0.25, -0.2) is 13.1 Å². The third kappa shape index (κ3) is 3.77. The van der Waals surface area contributed by atoms with Gasteiger partial charge >= 0.3 is 0 Å². The van der Waals surface area contributed by atoms with Crippen LogP contribution in [-0.4, -0.2) is 27.3 Å². The molecule has 0 aromatic heterocycles. The second kappa shape index (κ2) is 6.36. The fourth-order valence-corrected chi connectivity index (χ4v) is 3.99. The number of ether oxygens (including phenoxy) is 1. The van der Waals surface area contributed by atoms with Crippen LogP contribution in [0.4, 0.5) is 0 Å². The van der Waals surface area contributed by atoms with Crippen molar-refractivity contribution in [2.24, 2.45) is 0 Å². The zero-order valence-electron chi connectivity index (χ0n) is 13.1. The average molecular weight is 311 g/mol. The summed E-state index contributed by atoms with van der Waals surface area (Å²) in [6.45, 7) is 4.76. The van der Waals surface area contributed by atoms with Crippen LogP contribution in [-0.2, 0) is 15.4 Å². The molecule has 0 amide bonds. The van der Waals surface area contributed by atoms with Crippen molar-refractivity contribution in [3.63, 3.8) is 0 Å². The van der Waals surface area contributed by atoms with Crippen LogP contribution >= 0.6 is 0 Å². The first-order chi connectivity index (χ1) is 9.93. The van der Waals surface area contributed by atoms with Crippen LogP contribution in [0.5, 0.6) is 5.75 Å². The molecule has 1 N–H and O–H groups in total. The number of hydrogen-bond acceptors (Lipinski definition) is 3. The van der Waals surface area contributed by atoms with E-state index in [-0.39, 0.29) is 10.7 Å². The van der Waals surface area contributed by atoms with E-state index in [0.717, 1.165) is 37.0 Å². The minimum Gasteiger partial charge on any atom is -0.496 e. The highest BCUT2D eigenvalue weighted by Gasteiger charge is 2.36. The Hall–Kier alpha value is -1.07. The van der Waals surface area contributed by atoms with E-state index in [2.05, 4.69) is 24.6 Å². The minimum atomic E-state index is -3.10. The van der Waals surface area contributed by atoms with E-state index in [1.54, 1.807) is 7.11 Å². The molecule has 1 aliphatic rings. The van der Waals surface area contributed by atoms with Gasteiger partial charge in [-0.1, -0.05) is 32.0 Å². The number of benzene rings is 1. The summed E-state index contributed by atoms with van der Waals surface area (Å²) in [5.74, 6) is 0.868. The van der Waals surface area contributed by atoms with Crippen molar-refractivity contribution in [1.29, 1.82) is 0 Å². The normalized spacial score (nSPS) is 18.2. The smallest absolute Gasteiger partial charge is 0.214 e. The molecule has 21 heavy (non-hydrogen) atoms. The third-order valence-electron chi connectivity index (χ3n) is 4.48. The highest BCUT2D eigenvalue weighted by Crippen LogP contribution is 2.37. The molecule has 1 aliphatic carbocycles. The Kier molecular flexibility index (Phi) is 4.94. The van der Waals surface area contributed by atoms with Gasteiger partial charge in [-0.3, -0.25) is 0 Å². The van der Waals surface area contributed by atoms with E-state index in [1.807, 2.05) is 18.2 Å². The van der Waals surface area contributed by atoms with E-state index in [9.17, 15) is 8.42 Å². The van der Waals surface area contributed by atoms with Crippen LogP contribution in [0.15, 0.2) is 24.3 Å². The van der Waals surface area contributed by atoms with Crippen LogP contribution < -0.4 is 9.46 Å². The third-order valence-corrected chi connectivity index (χ3v) is 6.44. The van der Waals surface area contributed by atoms with Gasteiger partial charge in [0.15, 0.2) is 0 Å². The second-order valence-electron chi connectivity index (χ2n) is 6.00. The predicted octanol–water partition coefficient (Wildman–Crippen LogP) is 2.83. The summed E-state index contributed by atoms with van der Waals surface area (Å²) in [6, 6.07) is 7.98. The maximum absolute atomic E-state index is 11.9. The molecule has 0 bridgehead atoms. The van der Waals surface area contributed by atoms with E-state index in [1.165, 1.54) is 0 Å². The number of rotatable bonds is 8. The van der Waals surface area contributed by atoms with Crippen molar-refractivity contribution in [2.75, 3.05) is 13.7 Å². The lowest BCUT2D eigenvalue weighted by Gasteiger charge is -2.30. The molecule has 2 rings (SSSR count). The lowest BCUT2D eigenvalue weighted by Crippen LogP contribution is -2.33. The molecule has 1 aromatic carbocycles. The fraction of sp³-hybridized carbons (Fsp3) is 0.625. The first-order valence-electron chi connectivity index (χ1n) is 7.55. The summed E-state index contributed by atoms with van der Waals surface area (Å²) in [5, 5.41) is -0.156. The molecule has 1 fully saturated rings. The first-order valence-corrected chi connectivity index (χ1v) is 9.09. The van der Waals surface area contributed by atoms with Gasteiger partial charge in [0.05, 0.1) is 12.4 Å². The molecule has 0 radical (unpaired) electrons. The molecule has 5 heteroatoms. The maximum Gasteiger partial charge on any atom is 0.214 e. The number of para-hydroxylation sites is 1. The highest BCUT2D eigenvalue weighted by atomic mass is 32.2. The van der Waals surface area contributed by atoms with Crippen molar-refractivity contribution >= 4 is 10.0 Å². The maximum atomic E-state index is 11.9. The van der Waals surface area contributed by atoms with Gasteiger partial charge in [-0.05, 0) is 37.2 Å². The Morgan fingerprint density at radius 1 is 1.33 bits per heavy atom. The Labute approximate surface area is 127 Å². The van der Waals surface area contributed by atoms with Crippen molar-refractivity contribution in [3.8, 4) is 5.75 Å². The van der Waals surface area contributed by atoms with Crippen molar-refractivity contribution in [3.05, 3.63) is 29.8 Å². The van der Waals surface area contributed by atoms with Gasteiger partial charge in [-0.15, -0.1) is 0 Å². The minimum absolute atomic E-state index is 0.0985. The van der Waals surface area contributed by atoms with E-state index < -0.39 is 10.0 Å². The van der Waals surface area contributed by atoms with Gasteiger partial charge in [0, 0.05) is 12.1 Å². The van der Waals surface area contributed by atoms with Crippen LogP contribution in [0, 0.1) is 0 Å². The number of nitrogens with one attached hydrogen (secondary N) is 1. The molecular weight excluding hydrogens is 286 g/mol. The molecule has 0 heterocycles. The monoisotopic (exact) mass is 311 g/mol. The topological polar surface area (TPSA) is 55.4 Å². The average Bonchev–Trinajstić information content (AvgIpc) is 3.32. The lowest BCUT2D eigenvalue weighted by molar-refractivity contribution is 0.366. The van der Waals surface area contributed by atoms with Gasteiger partial charge in [0.1, 0.15) is 5.75 Å². The second-order valence-corrected chi connectivity index (χ2v) is 8.05. The predicted molar refractivity (Wildman–Crippen MR) is 85.2 cm³/mol. The molecule has 1 saturated carbocycles. The SMILES string of the molecule is CC[C@](C)(CCNS(=O)(=O)C1CC1)c1ccccc1OC. The summed E-state index contributed by atoms with van der Waals surface area (Å²) in [5.41, 5.74) is 1.04. The quantitative estimate of drug-likeness (QED) is 0.803. The molecular formula is C16H25NO3S. The standard InChI is InChI=1S/C16H25NO3S/c1-4-16(2,14-7-5-6-8-15(14)20-3)11-12-17-21(18,19)13-9-10-13/h5-8,13,17H,4,9-12H2,1-3H3/t16-/m1/s1. The number of methoxy groups -OCH3 is 1. The van der Waals surface area contributed by atoms with Gasteiger partial charge in [0.25, 0.3) is 0 Å². The summed E-state index contributed by atoms with van der Waals surface area (Å²) >= 11 is 0. The van der Waals surface area contributed by atoms with E-state index in [0.29, 0.717) is 6.54 Å². The Morgan fingerprint density at radius 2 is 2.00 bits per heavy atom. The largest absolute Gasteiger partial charge is 0.496 e. The zero-order chi connectivity index (χ0) is 15.5. The molecule has 1 aromatic rings. The summed E-state index contributed by atoms with van der Waals surface area (Å²) in [6.07, 6.45) is 3.29. The summed E-state index contributed by atoms with van der Waals surface area (Å²) in [4.78, 5) is 0. The molecule has 0 unspecified atom stereocenters. The van der Waals surface area contributed by atoms with Crippen molar-refractivity contribution in [1.82, 2.24) is 4.72 Å². The van der Waals surface area contributed by atoms with Crippen molar-refractivity contribution < 1.29 is 13.2 Å². The fourth-order valence-electron chi connectivity index (χ4n) is 2.61. The summed E-state index contributed by atoms with van der Waals surface area (Å²) < 4.78 is 32.0. The highest BCUT2D eigenvalue weighted by molar-refractivity contribution is 7.90. The van der Waals surface area contributed by atoms with E-state index >= 15 is 0 Å². The van der Waals surface area contributed by atoms with Crippen LogP contribution in [0.1, 0.15) is 45.1 Å².